The maximum atomic E-state index is 12.6. The Labute approximate surface area is 180 Å². The predicted molar refractivity (Wildman–Crippen MR) is 125 cm³/mol. The SMILES string of the molecule is C#Cc1cnc2ccc(OC(SC)C(=O)NC=C(C)C(C)(C)C(=N)SC)cc2c1. The fourth-order valence-corrected chi connectivity index (χ4v) is 3.62. The molecule has 0 saturated carbocycles. The average molecular weight is 428 g/mol. The first-order valence-corrected chi connectivity index (χ1v) is 11.4. The number of hydrogen-bond acceptors (Lipinski definition) is 6. The number of amides is 1. The molecule has 0 aliphatic carbocycles. The molecule has 0 radical (unpaired) electrons. The first kappa shape index (κ1) is 22.9. The number of carbonyl (C=O) groups is 1. The summed E-state index contributed by atoms with van der Waals surface area (Å²) in [6.07, 6.45) is 12.4. The van der Waals surface area contributed by atoms with Crippen molar-refractivity contribution in [3.05, 3.63) is 47.8 Å². The van der Waals surface area contributed by atoms with E-state index in [0.29, 0.717) is 16.4 Å². The number of ether oxygens (including phenoxy) is 1. The van der Waals surface area contributed by atoms with Crippen LogP contribution < -0.4 is 10.1 Å². The lowest BCUT2D eigenvalue weighted by Crippen LogP contribution is -2.34. The summed E-state index contributed by atoms with van der Waals surface area (Å²) in [5.74, 6) is 2.86. The molecule has 152 valence electrons. The highest BCUT2D eigenvalue weighted by Crippen LogP contribution is 2.31. The molecule has 5 nitrogen and oxygen atoms in total. The van der Waals surface area contributed by atoms with E-state index in [1.165, 1.54) is 23.5 Å². The summed E-state index contributed by atoms with van der Waals surface area (Å²) in [5, 5.41) is 12.3. The zero-order valence-corrected chi connectivity index (χ0v) is 18.8. The van der Waals surface area contributed by atoms with Crippen molar-refractivity contribution in [3.8, 4) is 18.1 Å². The summed E-state index contributed by atoms with van der Waals surface area (Å²) in [7, 11) is 0. The van der Waals surface area contributed by atoms with E-state index >= 15 is 0 Å². The summed E-state index contributed by atoms with van der Waals surface area (Å²) in [5.41, 5.74) is 1.22. The molecule has 2 aromatic rings. The Morgan fingerprint density at radius 3 is 2.72 bits per heavy atom. The number of nitrogens with one attached hydrogen (secondary N) is 2. The number of aromatic nitrogens is 1. The predicted octanol–water partition coefficient (Wildman–Crippen LogP) is 4.67. The molecule has 1 unspecified atom stereocenters. The minimum atomic E-state index is -0.719. The summed E-state index contributed by atoms with van der Waals surface area (Å²) in [4.78, 5) is 16.9. The third-order valence-electron chi connectivity index (χ3n) is 4.68. The van der Waals surface area contributed by atoms with E-state index in [4.69, 9.17) is 16.6 Å². The zero-order chi connectivity index (χ0) is 21.6. The average Bonchev–Trinajstić information content (AvgIpc) is 2.73. The van der Waals surface area contributed by atoms with Crippen molar-refractivity contribution in [3.63, 3.8) is 0 Å². The van der Waals surface area contributed by atoms with Gasteiger partial charge in [0, 0.05) is 28.8 Å². The van der Waals surface area contributed by atoms with Gasteiger partial charge in [0.25, 0.3) is 5.91 Å². The third kappa shape index (κ3) is 5.55. The molecule has 1 aromatic heterocycles. The third-order valence-corrected chi connectivity index (χ3v) is 6.34. The van der Waals surface area contributed by atoms with Gasteiger partial charge in [-0.15, -0.1) is 29.9 Å². The van der Waals surface area contributed by atoms with Crippen LogP contribution in [-0.2, 0) is 4.79 Å². The van der Waals surface area contributed by atoms with Gasteiger partial charge in [0.2, 0.25) is 5.44 Å². The molecule has 1 atom stereocenters. The number of nitrogens with zero attached hydrogens (tertiary/aromatic N) is 1. The van der Waals surface area contributed by atoms with Gasteiger partial charge in [-0.25, -0.2) is 0 Å². The van der Waals surface area contributed by atoms with Crippen molar-refractivity contribution in [2.45, 2.75) is 26.2 Å². The normalized spacial score (nSPS) is 12.9. The Bertz CT molecular complexity index is 993. The van der Waals surface area contributed by atoms with Gasteiger partial charge in [-0.2, -0.15) is 0 Å². The molecule has 0 aliphatic heterocycles. The molecule has 2 N–H and O–H groups in total. The van der Waals surface area contributed by atoms with Crippen LogP contribution in [0.25, 0.3) is 10.9 Å². The van der Waals surface area contributed by atoms with E-state index in [1.54, 1.807) is 18.5 Å². The molecular formula is C22H25N3O2S2. The van der Waals surface area contributed by atoms with E-state index in [0.717, 1.165) is 16.5 Å². The molecular weight excluding hydrogens is 402 g/mol. The molecule has 7 heteroatoms. The number of hydrogen-bond donors (Lipinski definition) is 2. The zero-order valence-electron chi connectivity index (χ0n) is 17.2. The van der Waals surface area contributed by atoms with Crippen molar-refractivity contribution >= 4 is 45.4 Å². The number of benzene rings is 1. The van der Waals surface area contributed by atoms with Crippen LogP contribution >= 0.6 is 23.5 Å². The molecule has 0 aliphatic rings. The van der Waals surface area contributed by atoms with E-state index in [1.807, 2.05) is 51.5 Å². The number of pyridine rings is 1. The minimum Gasteiger partial charge on any atom is -0.470 e. The fourth-order valence-electron chi connectivity index (χ4n) is 2.46. The molecule has 2 rings (SSSR count). The summed E-state index contributed by atoms with van der Waals surface area (Å²) >= 11 is 2.69. The van der Waals surface area contributed by atoms with E-state index in [2.05, 4.69) is 16.2 Å². The number of thioether (sulfide) groups is 2. The minimum absolute atomic E-state index is 0.265. The Morgan fingerprint density at radius 2 is 2.10 bits per heavy atom. The fraction of sp³-hybridized carbons (Fsp3) is 0.318. The maximum Gasteiger partial charge on any atom is 0.275 e. The van der Waals surface area contributed by atoms with Crippen molar-refractivity contribution in [2.24, 2.45) is 5.41 Å². The van der Waals surface area contributed by atoms with Crippen molar-refractivity contribution in [1.82, 2.24) is 10.3 Å². The Hall–Kier alpha value is -2.43. The van der Waals surface area contributed by atoms with Gasteiger partial charge in [0.05, 0.1) is 10.6 Å². The van der Waals surface area contributed by atoms with Crippen LogP contribution in [0, 0.1) is 23.2 Å². The Morgan fingerprint density at radius 1 is 1.38 bits per heavy atom. The van der Waals surface area contributed by atoms with E-state index in [-0.39, 0.29) is 5.91 Å². The number of rotatable bonds is 7. The van der Waals surface area contributed by atoms with Gasteiger partial charge >= 0.3 is 0 Å². The number of allylic oxidation sites excluding steroid dienone is 1. The van der Waals surface area contributed by atoms with Crippen LogP contribution in [0.5, 0.6) is 5.75 Å². The lowest BCUT2D eigenvalue weighted by atomic mass is 9.87. The van der Waals surface area contributed by atoms with Crippen LogP contribution in [0.2, 0.25) is 0 Å². The smallest absolute Gasteiger partial charge is 0.275 e. The summed E-state index contributed by atoms with van der Waals surface area (Å²) in [6, 6.07) is 7.30. The Kier molecular flexibility index (Phi) is 7.77. The van der Waals surface area contributed by atoms with Crippen LogP contribution in [0.4, 0.5) is 0 Å². The lowest BCUT2D eigenvalue weighted by Gasteiger charge is -2.26. The van der Waals surface area contributed by atoms with Crippen LogP contribution in [0.1, 0.15) is 26.3 Å². The first-order valence-electron chi connectivity index (χ1n) is 8.89. The second-order valence-electron chi connectivity index (χ2n) is 6.90. The highest BCUT2D eigenvalue weighted by molar-refractivity contribution is 8.13. The van der Waals surface area contributed by atoms with Gasteiger partial charge in [0.15, 0.2) is 0 Å². The van der Waals surface area contributed by atoms with Gasteiger partial charge in [-0.05, 0) is 63.1 Å². The topological polar surface area (TPSA) is 75.1 Å². The molecule has 1 amide bonds. The number of terminal acetylenes is 1. The Balaban J connectivity index is 2.14. The maximum absolute atomic E-state index is 12.6. The van der Waals surface area contributed by atoms with Gasteiger partial charge in [-0.3, -0.25) is 15.2 Å². The quantitative estimate of drug-likeness (QED) is 0.291. The first-order chi connectivity index (χ1) is 13.7. The molecule has 0 bridgehead atoms. The molecule has 0 spiro atoms. The van der Waals surface area contributed by atoms with Crippen LogP contribution in [-0.4, -0.2) is 33.9 Å². The van der Waals surface area contributed by atoms with Crippen molar-refractivity contribution < 1.29 is 9.53 Å². The molecule has 1 aromatic carbocycles. The van der Waals surface area contributed by atoms with E-state index in [9.17, 15) is 4.79 Å². The van der Waals surface area contributed by atoms with Crippen molar-refractivity contribution in [1.29, 1.82) is 5.41 Å². The largest absolute Gasteiger partial charge is 0.470 e. The molecule has 29 heavy (non-hydrogen) atoms. The van der Waals surface area contributed by atoms with Gasteiger partial charge < -0.3 is 10.1 Å². The van der Waals surface area contributed by atoms with Crippen LogP contribution in [0.15, 0.2) is 42.2 Å². The molecule has 0 saturated heterocycles. The summed E-state index contributed by atoms with van der Waals surface area (Å²) in [6.45, 7) is 5.82. The number of fused-ring (bicyclic) bond motifs is 1. The van der Waals surface area contributed by atoms with Gasteiger partial charge in [0.1, 0.15) is 5.75 Å². The van der Waals surface area contributed by atoms with E-state index < -0.39 is 10.9 Å². The highest BCUT2D eigenvalue weighted by atomic mass is 32.2. The van der Waals surface area contributed by atoms with Gasteiger partial charge in [-0.1, -0.05) is 5.92 Å². The molecule has 1 heterocycles. The second kappa shape index (κ2) is 9.86. The highest BCUT2D eigenvalue weighted by Gasteiger charge is 2.26. The monoisotopic (exact) mass is 427 g/mol. The lowest BCUT2D eigenvalue weighted by molar-refractivity contribution is -0.123. The second-order valence-corrected chi connectivity index (χ2v) is 8.62. The molecule has 0 fully saturated rings. The van der Waals surface area contributed by atoms with Crippen LogP contribution in [0.3, 0.4) is 0 Å². The standard InChI is InChI=1S/C22H25N3O2S2/c1-7-15-10-16-11-17(8-9-18(16)24-13-15)27-20(28-5)19(26)25-12-14(2)22(3,4)21(23)29-6/h1,8-13,20,23H,2-6H3,(H,25,26). The number of carbonyl (C=O) groups excluding carboxylic acids is 1. The summed E-state index contributed by atoms with van der Waals surface area (Å²) < 4.78 is 5.89. The van der Waals surface area contributed by atoms with Crippen molar-refractivity contribution in [2.75, 3.05) is 12.5 Å².